The fraction of sp³-hybridized carbons (Fsp3) is 0.500. The molecule has 1 aliphatic heterocycles. The van der Waals surface area contributed by atoms with Crippen molar-refractivity contribution in [2.45, 2.75) is 25.6 Å². The Kier molecular flexibility index (Phi) is 4.92. The Hall–Kier alpha value is -2.22. The van der Waals surface area contributed by atoms with Crippen molar-refractivity contribution < 1.29 is 14.0 Å². The van der Waals surface area contributed by atoms with Crippen molar-refractivity contribution >= 4 is 11.8 Å². The number of primary amides is 1. The van der Waals surface area contributed by atoms with Gasteiger partial charge < -0.3 is 16.0 Å². The number of amides is 2. The van der Waals surface area contributed by atoms with Crippen LogP contribution >= 0.6 is 0 Å². The van der Waals surface area contributed by atoms with Gasteiger partial charge in [-0.05, 0) is 19.4 Å². The number of pyridine rings is 1. The third-order valence-electron chi connectivity index (χ3n) is 3.58. The van der Waals surface area contributed by atoms with Crippen molar-refractivity contribution in [2.75, 3.05) is 19.6 Å². The summed E-state index contributed by atoms with van der Waals surface area (Å²) in [7, 11) is 0. The summed E-state index contributed by atoms with van der Waals surface area (Å²) in [5, 5.41) is 2.67. The summed E-state index contributed by atoms with van der Waals surface area (Å²) in [4.78, 5) is 38.5. The number of H-pyrrole nitrogens is 1. The molecule has 0 aromatic carbocycles. The van der Waals surface area contributed by atoms with Gasteiger partial charge in [-0.1, -0.05) is 0 Å². The molecule has 1 aromatic rings. The number of hydrogen-bond acceptors (Lipinski definition) is 4. The smallest absolute Gasteiger partial charge is 0.251 e. The first-order valence-electron chi connectivity index (χ1n) is 7.00. The zero-order valence-electron chi connectivity index (χ0n) is 12.3. The Balaban J connectivity index is 1.97. The molecule has 4 N–H and O–H groups in total. The molecule has 0 radical (unpaired) electrons. The van der Waals surface area contributed by atoms with Crippen LogP contribution in [0.15, 0.2) is 16.9 Å². The molecule has 2 atom stereocenters. The Bertz CT molecular complexity index is 631. The number of aryl methyl sites for hydroxylation is 1. The summed E-state index contributed by atoms with van der Waals surface area (Å²) >= 11 is 0. The molecule has 2 rings (SSSR count). The van der Waals surface area contributed by atoms with E-state index < -0.39 is 18.0 Å². The van der Waals surface area contributed by atoms with Crippen LogP contribution in [-0.4, -0.2) is 53.5 Å². The molecule has 120 valence electrons. The molecule has 1 fully saturated rings. The van der Waals surface area contributed by atoms with Gasteiger partial charge in [-0.2, -0.15) is 0 Å². The fourth-order valence-electron chi connectivity index (χ4n) is 2.65. The topological polar surface area (TPSA) is 108 Å². The van der Waals surface area contributed by atoms with E-state index in [0.717, 1.165) is 0 Å². The highest BCUT2D eigenvalue weighted by molar-refractivity contribution is 5.94. The van der Waals surface area contributed by atoms with Gasteiger partial charge in [0.1, 0.15) is 6.17 Å². The van der Waals surface area contributed by atoms with E-state index in [0.29, 0.717) is 5.69 Å². The average Bonchev–Trinajstić information content (AvgIpc) is 2.74. The number of aromatic nitrogens is 1. The van der Waals surface area contributed by atoms with Crippen LogP contribution in [0, 0.1) is 6.92 Å². The number of nitrogens with two attached hydrogens (primary N) is 1. The van der Waals surface area contributed by atoms with Crippen molar-refractivity contribution in [3.05, 3.63) is 33.7 Å². The zero-order chi connectivity index (χ0) is 16.3. The summed E-state index contributed by atoms with van der Waals surface area (Å²) in [6.45, 7) is 1.97. The van der Waals surface area contributed by atoms with Gasteiger partial charge in [0, 0.05) is 36.5 Å². The molecule has 1 saturated heterocycles. The molecule has 7 nitrogen and oxygen atoms in total. The van der Waals surface area contributed by atoms with E-state index in [1.54, 1.807) is 17.9 Å². The van der Waals surface area contributed by atoms with Crippen LogP contribution in [0.1, 0.15) is 22.5 Å². The van der Waals surface area contributed by atoms with E-state index in [2.05, 4.69) is 10.3 Å². The SMILES string of the molecule is Cc1cc(C(=O)NC[C@@H]2C[C@H](F)CN2CC(N)=O)cc(=O)[nH]1. The van der Waals surface area contributed by atoms with Crippen LogP contribution in [-0.2, 0) is 4.79 Å². The Morgan fingerprint density at radius 2 is 2.23 bits per heavy atom. The second-order valence-electron chi connectivity index (χ2n) is 5.51. The lowest BCUT2D eigenvalue weighted by Gasteiger charge is -2.22. The van der Waals surface area contributed by atoms with Crippen LogP contribution in [0.3, 0.4) is 0 Å². The normalized spacial score (nSPS) is 21.7. The molecule has 0 unspecified atom stereocenters. The Morgan fingerprint density at radius 1 is 1.50 bits per heavy atom. The average molecular weight is 310 g/mol. The summed E-state index contributed by atoms with van der Waals surface area (Å²) in [5.74, 6) is -0.939. The number of nitrogens with one attached hydrogen (secondary N) is 2. The second kappa shape index (κ2) is 6.69. The largest absolute Gasteiger partial charge is 0.369 e. The highest BCUT2D eigenvalue weighted by Crippen LogP contribution is 2.19. The first-order chi connectivity index (χ1) is 10.3. The van der Waals surface area contributed by atoms with E-state index in [1.165, 1.54) is 6.07 Å². The molecule has 1 aromatic heterocycles. The second-order valence-corrected chi connectivity index (χ2v) is 5.51. The quantitative estimate of drug-likeness (QED) is 0.669. The number of nitrogens with zero attached hydrogens (tertiary/aromatic N) is 1. The summed E-state index contributed by atoms with van der Waals surface area (Å²) in [6, 6.07) is 2.48. The summed E-state index contributed by atoms with van der Waals surface area (Å²) < 4.78 is 13.5. The number of rotatable bonds is 5. The van der Waals surface area contributed by atoms with Gasteiger partial charge in [-0.15, -0.1) is 0 Å². The number of carbonyl (C=O) groups excluding carboxylic acids is 2. The highest BCUT2D eigenvalue weighted by Gasteiger charge is 2.32. The predicted molar refractivity (Wildman–Crippen MR) is 78.2 cm³/mol. The standard InChI is InChI=1S/C14H19FN4O3/c1-8-2-9(3-13(21)18-8)14(22)17-5-11-4-10(15)6-19(11)7-12(16)20/h2-3,10-11H,4-7H2,1H3,(H2,16,20)(H,17,22)(H,18,21)/t10-,11-/m0/s1. The Morgan fingerprint density at radius 3 is 2.86 bits per heavy atom. The molecule has 0 spiro atoms. The Labute approximate surface area is 126 Å². The number of likely N-dealkylation sites (tertiary alicyclic amines) is 1. The lowest BCUT2D eigenvalue weighted by Crippen LogP contribution is -2.43. The van der Waals surface area contributed by atoms with Gasteiger partial charge >= 0.3 is 0 Å². The minimum absolute atomic E-state index is 0.0366. The van der Waals surface area contributed by atoms with Crippen LogP contribution in [0.2, 0.25) is 0 Å². The number of aromatic amines is 1. The van der Waals surface area contributed by atoms with Gasteiger partial charge in [0.2, 0.25) is 11.5 Å². The van der Waals surface area contributed by atoms with Gasteiger partial charge in [0.25, 0.3) is 5.91 Å². The van der Waals surface area contributed by atoms with Crippen LogP contribution in [0.25, 0.3) is 0 Å². The monoisotopic (exact) mass is 310 g/mol. The summed E-state index contributed by atoms with van der Waals surface area (Å²) in [6.07, 6.45) is -0.801. The van der Waals surface area contributed by atoms with Crippen LogP contribution < -0.4 is 16.6 Å². The van der Waals surface area contributed by atoms with E-state index in [4.69, 9.17) is 5.73 Å². The van der Waals surface area contributed by atoms with Crippen LogP contribution in [0.5, 0.6) is 0 Å². The fourth-order valence-corrected chi connectivity index (χ4v) is 2.65. The zero-order valence-corrected chi connectivity index (χ0v) is 12.3. The van der Waals surface area contributed by atoms with Crippen molar-refractivity contribution in [1.29, 1.82) is 0 Å². The first kappa shape index (κ1) is 16.2. The minimum atomic E-state index is -1.04. The number of halogens is 1. The molecule has 2 heterocycles. The van der Waals surface area contributed by atoms with Gasteiger partial charge in [-0.25, -0.2) is 4.39 Å². The van der Waals surface area contributed by atoms with Crippen LogP contribution in [0.4, 0.5) is 4.39 Å². The minimum Gasteiger partial charge on any atom is -0.369 e. The van der Waals surface area contributed by atoms with E-state index in [1.807, 2.05) is 0 Å². The molecule has 22 heavy (non-hydrogen) atoms. The third kappa shape index (κ3) is 4.14. The van der Waals surface area contributed by atoms with Crippen molar-refractivity contribution in [2.24, 2.45) is 5.73 Å². The van der Waals surface area contributed by atoms with E-state index >= 15 is 0 Å². The lowest BCUT2D eigenvalue weighted by molar-refractivity contribution is -0.119. The molecule has 0 bridgehead atoms. The highest BCUT2D eigenvalue weighted by atomic mass is 19.1. The maximum atomic E-state index is 13.5. The molecule has 1 aliphatic rings. The predicted octanol–water partition coefficient (Wildman–Crippen LogP) is -0.689. The lowest BCUT2D eigenvalue weighted by atomic mass is 10.2. The van der Waals surface area contributed by atoms with Crippen molar-refractivity contribution in [1.82, 2.24) is 15.2 Å². The van der Waals surface area contributed by atoms with E-state index in [-0.39, 0.29) is 43.2 Å². The molecular weight excluding hydrogens is 291 g/mol. The van der Waals surface area contributed by atoms with Gasteiger partial charge in [-0.3, -0.25) is 19.3 Å². The van der Waals surface area contributed by atoms with Crippen molar-refractivity contribution in [3.63, 3.8) is 0 Å². The number of carbonyl (C=O) groups is 2. The summed E-state index contributed by atoms with van der Waals surface area (Å²) in [5.41, 5.74) is 5.60. The molecular formula is C14H19FN4O3. The van der Waals surface area contributed by atoms with E-state index in [9.17, 15) is 18.8 Å². The third-order valence-corrected chi connectivity index (χ3v) is 3.58. The van der Waals surface area contributed by atoms with Gasteiger partial charge in [0.15, 0.2) is 0 Å². The maximum absolute atomic E-state index is 13.5. The first-order valence-corrected chi connectivity index (χ1v) is 7.00. The molecule has 8 heteroatoms. The molecule has 0 saturated carbocycles. The number of alkyl halides is 1. The number of hydrogen-bond donors (Lipinski definition) is 3. The van der Waals surface area contributed by atoms with Gasteiger partial charge in [0.05, 0.1) is 6.54 Å². The molecule has 2 amide bonds. The maximum Gasteiger partial charge on any atom is 0.251 e. The van der Waals surface area contributed by atoms with Crippen molar-refractivity contribution in [3.8, 4) is 0 Å². The molecule has 0 aliphatic carbocycles.